The number of hydrogen-bond donors (Lipinski definition) is 2. The maximum Gasteiger partial charge on any atom is 0.251 e. The summed E-state index contributed by atoms with van der Waals surface area (Å²) in [4.78, 5) is 36.5. The van der Waals surface area contributed by atoms with Gasteiger partial charge in [-0.3, -0.25) is 14.4 Å². The molecule has 0 unspecified atom stereocenters. The van der Waals surface area contributed by atoms with Crippen molar-refractivity contribution in [1.29, 1.82) is 0 Å². The molecule has 12 heteroatoms. The number of rotatable bonds is 10. The second-order valence-electron chi connectivity index (χ2n) is 7.24. The Morgan fingerprint density at radius 3 is 2.35 bits per heavy atom. The molecule has 11 nitrogen and oxygen atoms in total. The number of carbonyl (C=O) groups is 2. The molecule has 0 spiro atoms. The highest BCUT2D eigenvalue weighted by molar-refractivity contribution is 7.89. The van der Waals surface area contributed by atoms with E-state index in [1.807, 2.05) is 0 Å². The molecule has 2 amide bonds. The predicted molar refractivity (Wildman–Crippen MR) is 126 cm³/mol. The zero-order chi connectivity index (χ0) is 24.7. The normalized spacial score (nSPS) is 11.4. The van der Waals surface area contributed by atoms with Gasteiger partial charge in [0.25, 0.3) is 5.56 Å². The van der Waals surface area contributed by atoms with Crippen LogP contribution in [-0.2, 0) is 26.2 Å². The van der Waals surface area contributed by atoms with Gasteiger partial charge in [-0.1, -0.05) is 13.8 Å². The van der Waals surface area contributed by atoms with E-state index >= 15 is 0 Å². The number of nitrogens with zero attached hydrogens (tertiary/aromatic N) is 4. The summed E-state index contributed by atoms with van der Waals surface area (Å²) in [7, 11) is -3.78. The van der Waals surface area contributed by atoms with Gasteiger partial charge in [0.15, 0.2) is 0 Å². The number of sulfonamides is 1. The lowest BCUT2D eigenvalue weighted by Gasteiger charge is -2.19. The molecule has 3 aromatic rings. The molecule has 180 valence electrons. The van der Waals surface area contributed by atoms with Gasteiger partial charge in [0.1, 0.15) is 6.54 Å². The van der Waals surface area contributed by atoms with E-state index in [0.717, 1.165) is 22.5 Å². The quantitative estimate of drug-likeness (QED) is 0.436. The average molecular weight is 487 g/mol. The van der Waals surface area contributed by atoms with E-state index in [2.05, 4.69) is 15.7 Å². The van der Waals surface area contributed by atoms with E-state index in [1.54, 1.807) is 61.3 Å². The first-order chi connectivity index (χ1) is 16.2. The number of hydrogen-bond acceptors (Lipinski definition) is 6. The van der Waals surface area contributed by atoms with Crippen molar-refractivity contribution < 1.29 is 18.0 Å². The van der Waals surface area contributed by atoms with E-state index in [4.69, 9.17) is 0 Å². The molecule has 0 aliphatic carbocycles. The van der Waals surface area contributed by atoms with Crippen molar-refractivity contribution in [2.75, 3.05) is 25.0 Å². The summed E-state index contributed by atoms with van der Waals surface area (Å²) in [5.74, 6) is -1.06. The Bertz CT molecular complexity index is 1300. The Morgan fingerprint density at radius 2 is 1.74 bits per heavy atom. The van der Waals surface area contributed by atoms with E-state index in [1.165, 1.54) is 10.4 Å². The fourth-order valence-electron chi connectivity index (χ4n) is 3.21. The first-order valence-electron chi connectivity index (χ1n) is 10.6. The maximum atomic E-state index is 12.7. The van der Waals surface area contributed by atoms with Crippen molar-refractivity contribution in [3.05, 3.63) is 71.4 Å². The van der Waals surface area contributed by atoms with Crippen LogP contribution < -0.4 is 16.2 Å². The number of nitrogens with one attached hydrogen (secondary N) is 2. The van der Waals surface area contributed by atoms with E-state index in [0.29, 0.717) is 5.69 Å². The minimum absolute atomic E-state index is 0.0834. The van der Waals surface area contributed by atoms with Crippen LogP contribution in [0.25, 0.3) is 5.69 Å². The fraction of sp³-hybridized carbons (Fsp3) is 0.273. The minimum Gasteiger partial charge on any atom is -0.345 e. The number of aromatic nitrogens is 3. The van der Waals surface area contributed by atoms with Gasteiger partial charge in [0, 0.05) is 43.4 Å². The van der Waals surface area contributed by atoms with Crippen LogP contribution in [0, 0.1) is 0 Å². The predicted octanol–water partition coefficient (Wildman–Crippen LogP) is 0.819. The van der Waals surface area contributed by atoms with Crippen LogP contribution in [-0.4, -0.2) is 58.5 Å². The Balaban J connectivity index is 1.57. The molecule has 0 saturated heterocycles. The van der Waals surface area contributed by atoms with Crippen molar-refractivity contribution in [3.63, 3.8) is 0 Å². The molecule has 0 atom stereocenters. The van der Waals surface area contributed by atoms with Crippen LogP contribution in [0.2, 0.25) is 0 Å². The molecule has 2 N–H and O–H groups in total. The maximum absolute atomic E-state index is 12.7. The SMILES string of the molecule is CCN(CC)S(=O)(=O)c1ccc(=O)n(CC(=O)NCC(=O)Nc2ccc(-n3cccn3)cc2)c1. The van der Waals surface area contributed by atoms with Crippen LogP contribution in [0.15, 0.2) is 70.7 Å². The summed E-state index contributed by atoms with van der Waals surface area (Å²) in [6, 6.07) is 11.1. The highest BCUT2D eigenvalue weighted by atomic mass is 32.2. The number of pyridine rings is 1. The smallest absolute Gasteiger partial charge is 0.251 e. The van der Waals surface area contributed by atoms with E-state index in [9.17, 15) is 22.8 Å². The van der Waals surface area contributed by atoms with Gasteiger partial charge in [-0.15, -0.1) is 0 Å². The van der Waals surface area contributed by atoms with Crippen LogP contribution in [0.3, 0.4) is 0 Å². The van der Waals surface area contributed by atoms with Gasteiger partial charge >= 0.3 is 0 Å². The molecular formula is C22H26N6O5S. The van der Waals surface area contributed by atoms with Gasteiger partial charge in [-0.25, -0.2) is 13.1 Å². The number of carbonyl (C=O) groups excluding carboxylic acids is 2. The molecule has 1 aromatic carbocycles. The van der Waals surface area contributed by atoms with Crippen molar-refractivity contribution in [3.8, 4) is 5.69 Å². The first kappa shape index (κ1) is 24.9. The topological polar surface area (TPSA) is 135 Å². The minimum atomic E-state index is -3.78. The number of anilines is 1. The van der Waals surface area contributed by atoms with Crippen molar-refractivity contribution in [2.24, 2.45) is 0 Å². The standard InChI is InChI=1S/C22H26N6O5S/c1-3-27(4-2)34(32,33)19-10-11-22(31)26(15-19)16-21(30)23-14-20(29)25-17-6-8-18(9-7-17)28-13-5-12-24-28/h5-13,15H,3-4,14,16H2,1-2H3,(H,23,30)(H,25,29). The Hall–Kier alpha value is -3.77. The average Bonchev–Trinajstić information content (AvgIpc) is 3.35. The Labute approximate surface area is 197 Å². The van der Waals surface area contributed by atoms with Crippen LogP contribution in [0.5, 0.6) is 0 Å². The van der Waals surface area contributed by atoms with Crippen molar-refractivity contribution in [2.45, 2.75) is 25.3 Å². The van der Waals surface area contributed by atoms with Gasteiger partial charge < -0.3 is 15.2 Å². The van der Waals surface area contributed by atoms with Gasteiger partial charge in [0.2, 0.25) is 21.8 Å². The van der Waals surface area contributed by atoms with Gasteiger partial charge in [-0.2, -0.15) is 9.40 Å². The summed E-state index contributed by atoms with van der Waals surface area (Å²) < 4.78 is 29.3. The summed E-state index contributed by atoms with van der Waals surface area (Å²) in [5.41, 5.74) is 0.836. The highest BCUT2D eigenvalue weighted by Crippen LogP contribution is 2.14. The molecule has 2 heterocycles. The third kappa shape index (κ3) is 5.97. The largest absolute Gasteiger partial charge is 0.345 e. The van der Waals surface area contributed by atoms with Crippen LogP contribution in [0.4, 0.5) is 5.69 Å². The molecule has 0 aliphatic rings. The summed E-state index contributed by atoms with van der Waals surface area (Å²) >= 11 is 0. The van der Waals surface area contributed by atoms with E-state index in [-0.39, 0.29) is 24.5 Å². The molecule has 34 heavy (non-hydrogen) atoms. The monoisotopic (exact) mass is 486 g/mol. The van der Waals surface area contributed by atoms with Crippen LogP contribution in [0.1, 0.15) is 13.8 Å². The summed E-state index contributed by atoms with van der Waals surface area (Å²) in [5, 5.41) is 9.22. The molecule has 2 aromatic heterocycles. The lowest BCUT2D eigenvalue weighted by Crippen LogP contribution is -2.37. The molecule has 0 aliphatic heterocycles. The third-order valence-electron chi connectivity index (χ3n) is 4.98. The second-order valence-corrected chi connectivity index (χ2v) is 9.18. The van der Waals surface area contributed by atoms with Crippen molar-refractivity contribution >= 4 is 27.5 Å². The molecule has 0 bridgehead atoms. The Kier molecular flexibility index (Phi) is 7.97. The molecular weight excluding hydrogens is 460 g/mol. The van der Waals surface area contributed by atoms with Crippen LogP contribution >= 0.6 is 0 Å². The Morgan fingerprint density at radius 1 is 1.03 bits per heavy atom. The lowest BCUT2D eigenvalue weighted by molar-refractivity contribution is -0.124. The van der Waals surface area contributed by atoms with Gasteiger partial charge in [-0.05, 0) is 36.4 Å². The first-order valence-corrected chi connectivity index (χ1v) is 12.1. The molecule has 0 saturated carbocycles. The zero-order valence-electron chi connectivity index (χ0n) is 18.8. The summed E-state index contributed by atoms with van der Waals surface area (Å²) in [6.07, 6.45) is 4.59. The van der Waals surface area contributed by atoms with E-state index < -0.39 is 33.9 Å². The van der Waals surface area contributed by atoms with Crippen molar-refractivity contribution in [1.82, 2.24) is 24.0 Å². The second kappa shape index (κ2) is 10.9. The fourth-order valence-corrected chi connectivity index (χ4v) is 4.69. The number of benzene rings is 1. The van der Waals surface area contributed by atoms with Gasteiger partial charge in [0.05, 0.1) is 17.1 Å². The third-order valence-corrected chi connectivity index (χ3v) is 7.01. The molecule has 0 radical (unpaired) electrons. The zero-order valence-corrected chi connectivity index (χ0v) is 19.7. The highest BCUT2D eigenvalue weighted by Gasteiger charge is 2.22. The summed E-state index contributed by atoms with van der Waals surface area (Å²) in [6.45, 7) is 3.24. The number of amides is 2. The lowest BCUT2D eigenvalue weighted by atomic mass is 10.3. The molecule has 3 rings (SSSR count). The molecule has 0 fully saturated rings.